The molecule has 42 heavy (non-hydrogen) atoms. The maximum absolute atomic E-state index is 13.3. The highest BCUT2D eigenvalue weighted by Crippen LogP contribution is 2.47. The first kappa shape index (κ1) is 33.1. The Morgan fingerprint density at radius 1 is 1.00 bits per heavy atom. The van der Waals surface area contributed by atoms with Crippen LogP contribution in [0.3, 0.4) is 0 Å². The number of hydrogen-bond acceptors (Lipinski definition) is 7. The van der Waals surface area contributed by atoms with Crippen molar-refractivity contribution in [3.63, 3.8) is 0 Å². The second-order valence-corrected chi connectivity index (χ2v) is 18.1. The molecule has 1 aromatic rings. The lowest BCUT2D eigenvalue weighted by molar-refractivity contribution is -0.201. The normalized spacial score (nSPS) is 29.3. The number of ether oxygens (including phenoxy) is 5. The van der Waals surface area contributed by atoms with Crippen LogP contribution in [0.4, 0.5) is 4.39 Å². The van der Waals surface area contributed by atoms with Crippen LogP contribution in [0, 0.1) is 17.7 Å². The van der Waals surface area contributed by atoms with Crippen LogP contribution in [0.5, 0.6) is 5.75 Å². The van der Waals surface area contributed by atoms with E-state index in [2.05, 4.69) is 39.9 Å². The second kappa shape index (κ2) is 15.3. The molecule has 1 saturated carbocycles. The highest BCUT2D eigenvalue weighted by molar-refractivity contribution is 6.74. The predicted molar refractivity (Wildman–Crippen MR) is 162 cm³/mol. The second-order valence-electron chi connectivity index (χ2n) is 13.3. The van der Waals surface area contributed by atoms with E-state index in [-0.39, 0.29) is 47.5 Å². The fraction of sp³-hybridized carbons (Fsp3) is 0.727. The van der Waals surface area contributed by atoms with Crippen molar-refractivity contribution in [3.05, 3.63) is 41.9 Å². The molecule has 0 N–H and O–H groups in total. The Hall–Kier alpha value is -1.78. The van der Waals surface area contributed by atoms with Gasteiger partial charge in [0.25, 0.3) is 0 Å². The summed E-state index contributed by atoms with van der Waals surface area (Å²) in [6, 6.07) is 6.03. The molecule has 1 aromatic carbocycles. The molecule has 9 heteroatoms. The Morgan fingerprint density at radius 2 is 1.67 bits per heavy atom. The van der Waals surface area contributed by atoms with Gasteiger partial charge in [0.05, 0.1) is 25.4 Å². The summed E-state index contributed by atoms with van der Waals surface area (Å²) in [5.41, 5.74) is 0. The topological polar surface area (TPSA) is 72.5 Å². The van der Waals surface area contributed by atoms with Gasteiger partial charge in [-0.15, -0.1) is 0 Å². The van der Waals surface area contributed by atoms with Crippen LogP contribution in [0.1, 0.15) is 78.6 Å². The summed E-state index contributed by atoms with van der Waals surface area (Å²) in [4.78, 5) is 12.1. The fourth-order valence-corrected chi connectivity index (χ4v) is 7.21. The maximum Gasteiger partial charge on any atom is 0.199 e. The number of halogens is 1. The quantitative estimate of drug-likeness (QED) is 0.0994. The minimum absolute atomic E-state index is 0.0302. The van der Waals surface area contributed by atoms with Gasteiger partial charge in [0, 0.05) is 37.7 Å². The molecule has 236 valence electrons. The first-order valence-electron chi connectivity index (χ1n) is 15.8. The van der Waals surface area contributed by atoms with E-state index in [9.17, 15) is 9.18 Å². The third kappa shape index (κ3) is 9.11. The van der Waals surface area contributed by atoms with Crippen LogP contribution in [-0.4, -0.2) is 59.2 Å². The van der Waals surface area contributed by atoms with Crippen molar-refractivity contribution >= 4 is 14.6 Å². The lowest BCUT2D eigenvalue weighted by Gasteiger charge is -2.40. The molecule has 3 aliphatic rings. The summed E-state index contributed by atoms with van der Waals surface area (Å²) in [7, 11) is -2.14. The number of carbonyl (C=O) groups is 1. The molecule has 2 saturated heterocycles. The molecule has 2 unspecified atom stereocenters. The van der Waals surface area contributed by atoms with Crippen LogP contribution in [0.25, 0.3) is 0 Å². The number of hydrogen-bond donors (Lipinski definition) is 0. The zero-order chi connectivity index (χ0) is 30.2. The molecule has 1 aliphatic carbocycles. The molecule has 3 fully saturated rings. The molecule has 2 heterocycles. The van der Waals surface area contributed by atoms with Gasteiger partial charge < -0.3 is 32.9 Å². The lowest BCUT2D eigenvalue weighted by Crippen LogP contribution is -2.45. The van der Waals surface area contributed by atoms with Crippen molar-refractivity contribution < 1.29 is 37.3 Å². The van der Waals surface area contributed by atoms with Crippen LogP contribution in [0.15, 0.2) is 36.1 Å². The number of aldehydes is 1. The fourth-order valence-electron chi connectivity index (χ4n) is 5.83. The zero-order valence-corrected chi connectivity index (χ0v) is 27.1. The standard InChI is InChI=1S/C33H51FO7Si/c1-33(2,3)42(4,5)41-28-23-29(40-31-13-7-9-21-38-31)32(26(28)18-19-35)27(39-30-12-6-8-20-37-30)11-10-22-36-25-16-14-24(34)15-17-25/h11,14-17,19,26,28-32H,6-10,12-13,18,20-23H2,1-5H3/b27-11+/t26-,28-,29+,30?,31?,32+/m1/s1. The Kier molecular flexibility index (Phi) is 12.1. The number of benzene rings is 1. The molecule has 0 spiro atoms. The largest absolute Gasteiger partial charge is 0.493 e. The Labute approximate surface area is 252 Å². The van der Waals surface area contributed by atoms with Gasteiger partial charge in [0.1, 0.15) is 23.6 Å². The molecule has 4 rings (SSSR count). The Bertz CT molecular complexity index is 997. The molecule has 0 radical (unpaired) electrons. The summed E-state index contributed by atoms with van der Waals surface area (Å²) in [6.45, 7) is 13.0. The van der Waals surface area contributed by atoms with Crippen LogP contribution >= 0.6 is 0 Å². The molecule has 0 bridgehead atoms. The summed E-state index contributed by atoms with van der Waals surface area (Å²) < 4.78 is 51.6. The first-order chi connectivity index (χ1) is 20.1. The minimum Gasteiger partial charge on any atom is -0.493 e. The molecule has 7 nitrogen and oxygen atoms in total. The summed E-state index contributed by atoms with van der Waals surface area (Å²) in [6.07, 6.45) is 9.55. The number of rotatable bonds is 13. The van der Waals surface area contributed by atoms with Gasteiger partial charge in [-0.05, 0) is 87.0 Å². The van der Waals surface area contributed by atoms with Gasteiger partial charge >= 0.3 is 0 Å². The van der Waals surface area contributed by atoms with Crippen molar-refractivity contribution in [1.29, 1.82) is 0 Å². The molecule has 6 atom stereocenters. The average Bonchev–Trinajstić information content (AvgIpc) is 3.27. The van der Waals surface area contributed by atoms with E-state index < -0.39 is 8.32 Å². The van der Waals surface area contributed by atoms with Crippen LogP contribution in [-0.2, 0) is 28.2 Å². The van der Waals surface area contributed by atoms with Gasteiger partial charge in [-0.25, -0.2) is 4.39 Å². The third-order valence-corrected chi connectivity index (χ3v) is 13.7. The molecule has 0 amide bonds. The molecule has 0 aromatic heterocycles. The van der Waals surface area contributed by atoms with Crippen LogP contribution < -0.4 is 4.74 Å². The van der Waals surface area contributed by atoms with Crippen molar-refractivity contribution in [2.24, 2.45) is 11.8 Å². The molecular weight excluding hydrogens is 555 g/mol. The van der Waals surface area contributed by atoms with Gasteiger partial charge in [-0.1, -0.05) is 20.8 Å². The van der Waals surface area contributed by atoms with E-state index in [0.717, 1.165) is 50.6 Å². The van der Waals surface area contributed by atoms with Crippen molar-refractivity contribution in [2.75, 3.05) is 19.8 Å². The summed E-state index contributed by atoms with van der Waals surface area (Å²) in [5, 5.41) is 0.0302. The molecule has 2 aliphatic heterocycles. The smallest absolute Gasteiger partial charge is 0.199 e. The predicted octanol–water partition coefficient (Wildman–Crippen LogP) is 7.55. The van der Waals surface area contributed by atoms with Crippen molar-refractivity contribution in [2.45, 2.75) is 121 Å². The monoisotopic (exact) mass is 606 g/mol. The van der Waals surface area contributed by atoms with Gasteiger partial charge in [0.2, 0.25) is 0 Å². The van der Waals surface area contributed by atoms with Crippen LogP contribution in [0.2, 0.25) is 18.1 Å². The Morgan fingerprint density at radius 3 is 2.26 bits per heavy atom. The summed E-state index contributed by atoms with van der Waals surface area (Å²) >= 11 is 0. The zero-order valence-electron chi connectivity index (χ0n) is 26.1. The number of carbonyl (C=O) groups excluding carboxylic acids is 1. The van der Waals surface area contributed by atoms with E-state index in [1.54, 1.807) is 12.1 Å². The highest BCUT2D eigenvalue weighted by atomic mass is 28.4. The maximum atomic E-state index is 13.3. The van der Waals surface area contributed by atoms with E-state index in [1.807, 2.05) is 0 Å². The van der Waals surface area contributed by atoms with Crippen molar-refractivity contribution in [3.8, 4) is 5.75 Å². The Balaban J connectivity index is 1.61. The first-order valence-corrected chi connectivity index (χ1v) is 18.7. The SMILES string of the molecule is CC(C)(C)[Si](C)(C)O[C@@H]1C[C@H](OC2CCCCO2)[C@H](/C(=C\CCOc2ccc(F)cc2)OC2CCCCO2)[C@@H]1CC=O. The highest BCUT2D eigenvalue weighted by Gasteiger charge is 2.51. The van der Waals surface area contributed by atoms with E-state index in [1.165, 1.54) is 12.1 Å². The average molecular weight is 607 g/mol. The van der Waals surface area contributed by atoms with E-state index >= 15 is 0 Å². The minimum atomic E-state index is -2.14. The van der Waals surface area contributed by atoms with E-state index in [0.29, 0.717) is 44.8 Å². The summed E-state index contributed by atoms with van der Waals surface area (Å²) in [5.74, 6) is 0.805. The lowest BCUT2D eigenvalue weighted by atomic mass is 9.88. The van der Waals surface area contributed by atoms with Crippen molar-refractivity contribution in [1.82, 2.24) is 0 Å². The van der Waals surface area contributed by atoms with Gasteiger partial charge in [-0.2, -0.15) is 0 Å². The third-order valence-electron chi connectivity index (χ3n) is 9.17. The van der Waals surface area contributed by atoms with Gasteiger partial charge in [0.15, 0.2) is 20.9 Å². The molecular formula is C33H51FO7Si. The van der Waals surface area contributed by atoms with Gasteiger partial charge in [-0.3, -0.25) is 0 Å². The van der Waals surface area contributed by atoms with E-state index in [4.69, 9.17) is 28.1 Å².